The van der Waals surface area contributed by atoms with E-state index in [1.165, 1.54) is 30.3 Å². The fraction of sp³-hybridized carbons (Fsp3) is 0.250. The van der Waals surface area contributed by atoms with Gasteiger partial charge in [-0.3, -0.25) is 0 Å². The third-order valence-corrected chi connectivity index (χ3v) is 6.49. The molecule has 3 aromatic rings. The van der Waals surface area contributed by atoms with E-state index in [-0.39, 0.29) is 21.9 Å². The first-order valence-corrected chi connectivity index (χ1v) is 10.5. The third-order valence-electron chi connectivity index (χ3n) is 4.99. The second kappa shape index (κ2) is 8.22. The van der Waals surface area contributed by atoms with Gasteiger partial charge in [0, 0.05) is 5.92 Å². The standard InChI is InChI=1S/C20H19FN4O4S/c1-11-8-9-15(21)17(12(11)2)13(3)18(19-23-24-20(26)29-19)25-30(27,28)16-7-5-4-6-14(16)10-22/h4-9,13,18,25H,1-3H3,(H,24,26)/t13-,18+/m1/s1. The summed E-state index contributed by atoms with van der Waals surface area (Å²) in [6, 6.07) is 9.20. The number of aromatic amines is 1. The van der Waals surface area contributed by atoms with E-state index in [2.05, 4.69) is 14.9 Å². The first-order valence-electron chi connectivity index (χ1n) is 8.98. The van der Waals surface area contributed by atoms with Gasteiger partial charge in [0.05, 0.1) is 10.5 Å². The lowest BCUT2D eigenvalue weighted by Crippen LogP contribution is -2.33. The Labute approximate surface area is 172 Å². The van der Waals surface area contributed by atoms with Gasteiger partial charge in [-0.05, 0) is 48.7 Å². The molecular weight excluding hydrogens is 411 g/mol. The summed E-state index contributed by atoms with van der Waals surface area (Å²) in [7, 11) is -4.24. The molecule has 0 saturated heterocycles. The zero-order valence-corrected chi connectivity index (χ0v) is 17.2. The number of aromatic nitrogens is 2. The molecule has 0 aliphatic heterocycles. The predicted molar refractivity (Wildman–Crippen MR) is 106 cm³/mol. The molecule has 0 spiro atoms. The summed E-state index contributed by atoms with van der Waals surface area (Å²) in [5, 5.41) is 15.1. The molecule has 0 fully saturated rings. The number of nitrogens with zero attached hydrogens (tertiary/aromatic N) is 2. The van der Waals surface area contributed by atoms with E-state index < -0.39 is 33.6 Å². The highest BCUT2D eigenvalue weighted by atomic mass is 32.2. The molecule has 30 heavy (non-hydrogen) atoms. The zero-order chi connectivity index (χ0) is 22.1. The van der Waals surface area contributed by atoms with Crippen LogP contribution in [0.4, 0.5) is 4.39 Å². The van der Waals surface area contributed by atoms with Crippen LogP contribution in [-0.4, -0.2) is 18.6 Å². The van der Waals surface area contributed by atoms with E-state index in [0.717, 1.165) is 5.56 Å². The smallest absolute Gasteiger partial charge is 0.391 e. The van der Waals surface area contributed by atoms with Crippen LogP contribution in [0.25, 0.3) is 0 Å². The normalized spacial score (nSPS) is 13.6. The van der Waals surface area contributed by atoms with E-state index in [0.29, 0.717) is 5.56 Å². The van der Waals surface area contributed by atoms with Crippen LogP contribution in [-0.2, 0) is 10.0 Å². The summed E-state index contributed by atoms with van der Waals surface area (Å²) in [6.07, 6.45) is 0. The number of sulfonamides is 1. The van der Waals surface area contributed by atoms with Gasteiger partial charge in [-0.1, -0.05) is 25.1 Å². The Hall–Kier alpha value is -3.29. The van der Waals surface area contributed by atoms with Crippen molar-refractivity contribution >= 4 is 10.0 Å². The second-order valence-electron chi connectivity index (χ2n) is 6.85. The van der Waals surface area contributed by atoms with Gasteiger partial charge >= 0.3 is 5.76 Å². The summed E-state index contributed by atoms with van der Waals surface area (Å²) in [5.74, 6) is -2.43. The number of nitriles is 1. The molecule has 8 nitrogen and oxygen atoms in total. The Morgan fingerprint density at radius 1 is 1.23 bits per heavy atom. The number of benzene rings is 2. The highest BCUT2D eigenvalue weighted by molar-refractivity contribution is 7.89. The van der Waals surface area contributed by atoms with E-state index in [9.17, 15) is 22.9 Å². The van der Waals surface area contributed by atoms with Crippen LogP contribution >= 0.6 is 0 Å². The average molecular weight is 430 g/mol. The van der Waals surface area contributed by atoms with Gasteiger partial charge < -0.3 is 4.42 Å². The Kier molecular flexibility index (Phi) is 5.87. The molecule has 2 aromatic carbocycles. The number of nitrogens with one attached hydrogen (secondary N) is 2. The van der Waals surface area contributed by atoms with Crippen molar-refractivity contribution in [3.8, 4) is 6.07 Å². The molecule has 0 bridgehead atoms. The predicted octanol–water partition coefficient (Wildman–Crippen LogP) is 2.81. The first kappa shape index (κ1) is 21.4. The largest absolute Gasteiger partial charge is 0.434 e. The van der Waals surface area contributed by atoms with Crippen molar-refractivity contribution in [2.45, 2.75) is 37.6 Å². The van der Waals surface area contributed by atoms with Gasteiger partial charge in [0.25, 0.3) is 0 Å². The molecule has 0 unspecified atom stereocenters. The maximum atomic E-state index is 14.7. The lowest BCUT2D eigenvalue weighted by Gasteiger charge is -2.25. The van der Waals surface area contributed by atoms with Crippen molar-refractivity contribution in [2.75, 3.05) is 0 Å². The van der Waals surface area contributed by atoms with Crippen molar-refractivity contribution in [2.24, 2.45) is 0 Å². The molecule has 0 aliphatic carbocycles. The number of hydrogen-bond donors (Lipinski definition) is 2. The average Bonchev–Trinajstić information content (AvgIpc) is 3.15. The SMILES string of the molecule is Cc1ccc(F)c([C@@H](C)[C@H](NS(=O)(=O)c2ccccc2C#N)c2n[nH]c(=O)o2)c1C. The van der Waals surface area contributed by atoms with Gasteiger partial charge in [-0.25, -0.2) is 22.7 Å². The fourth-order valence-corrected chi connectivity index (χ4v) is 4.72. The summed E-state index contributed by atoms with van der Waals surface area (Å²) >= 11 is 0. The number of halogens is 1. The molecule has 156 valence electrons. The summed E-state index contributed by atoms with van der Waals surface area (Å²) in [5.41, 5.74) is 1.67. The summed E-state index contributed by atoms with van der Waals surface area (Å²) in [6.45, 7) is 5.13. The molecular formula is C20H19FN4O4S. The van der Waals surface area contributed by atoms with E-state index in [1.807, 2.05) is 13.0 Å². The van der Waals surface area contributed by atoms with Gasteiger partial charge in [0.1, 0.15) is 17.9 Å². The maximum absolute atomic E-state index is 14.7. The third kappa shape index (κ3) is 4.03. The van der Waals surface area contributed by atoms with Crippen LogP contribution in [0.15, 0.2) is 50.5 Å². The van der Waals surface area contributed by atoms with Gasteiger partial charge in [0.2, 0.25) is 15.9 Å². The number of rotatable bonds is 6. The quantitative estimate of drug-likeness (QED) is 0.619. The summed E-state index contributed by atoms with van der Waals surface area (Å²) in [4.78, 5) is 11.3. The first-order chi connectivity index (χ1) is 14.2. The Morgan fingerprint density at radius 2 is 1.93 bits per heavy atom. The van der Waals surface area contributed by atoms with Crippen molar-refractivity contribution in [3.63, 3.8) is 0 Å². The Morgan fingerprint density at radius 3 is 2.57 bits per heavy atom. The van der Waals surface area contributed by atoms with E-state index in [4.69, 9.17) is 4.42 Å². The molecule has 0 radical (unpaired) electrons. The minimum absolute atomic E-state index is 0.0576. The molecule has 0 aliphatic rings. The summed E-state index contributed by atoms with van der Waals surface area (Å²) < 4.78 is 48.2. The molecule has 2 N–H and O–H groups in total. The fourth-order valence-electron chi connectivity index (χ4n) is 3.29. The Bertz CT molecular complexity index is 1290. The minimum atomic E-state index is -4.24. The highest BCUT2D eigenvalue weighted by Crippen LogP contribution is 2.35. The van der Waals surface area contributed by atoms with Gasteiger partial charge in [0.15, 0.2) is 0 Å². The van der Waals surface area contributed by atoms with Crippen LogP contribution in [0.5, 0.6) is 0 Å². The topological polar surface area (TPSA) is 129 Å². The minimum Gasteiger partial charge on any atom is -0.391 e. The number of H-pyrrole nitrogens is 1. The monoisotopic (exact) mass is 430 g/mol. The second-order valence-corrected chi connectivity index (χ2v) is 8.53. The molecule has 0 amide bonds. The van der Waals surface area contributed by atoms with Crippen molar-refractivity contribution in [1.82, 2.24) is 14.9 Å². The lowest BCUT2D eigenvalue weighted by atomic mass is 9.88. The molecule has 0 saturated carbocycles. The van der Waals surface area contributed by atoms with Crippen molar-refractivity contribution in [3.05, 3.63) is 80.9 Å². The lowest BCUT2D eigenvalue weighted by molar-refractivity contribution is 0.376. The number of aryl methyl sites for hydroxylation is 1. The maximum Gasteiger partial charge on any atom is 0.434 e. The van der Waals surface area contributed by atoms with Crippen LogP contribution in [0.3, 0.4) is 0 Å². The Balaban J connectivity index is 2.13. The van der Waals surface area contributed by atoms with Crippen LogP contribution in [0.2, 0.25) is 0 Å². The van der Waals surface area contributed by atoms with Gasteiger partial charge in [-0.2, -0.15) is 9.98 Å². The molecule has 1 aromatic heterocycles. The van der Waals surface area contributed by atoms with Crippen LogP contribution in [0, 0.1) is 31.0 Å². The zero-order valence-electron chi connectivity index (χ0n) is 16.4. The molecule has 10 heteroatoms. The molecule has 2 atom stereocenters. The van der Waals surface area contributed by atoms with Crippen molar-refractivity contribution < 1.29 is 17.2 Å². The van der Waals surface area contributed by atoms with Crippen LogP contribution in [0.1, 0.15) is 47.0 Å². The van der Waals surface area contributed by atoms with E-state index in [1.54, 1.807) is 19.9 Å². The van der Waals surface area contributed by atoms with Gasteiger partial charge in [-0.15, -0.1) is 5.10 Å². The van der Waals surface area contributed by atoms with E-state index >= 15 is 0 Å². The molecule has 3 rings (SSSR count). The molecule has 1 heterocycles. The highest BCUT2D eigenvalue weighted by Gasteiger charge is 2.34. The van der Waals surface area contributed by atoms with Crippen molar-refractivity contribution in [1.29, 1.82) is 5.26 Å². The van der Waals surface area contributed by atoms with Crippen LogP contribution < -0.4 is 10.5 Å². The number of hydrogen-bond acceptors (Lipinski definition) is 6.